The smallest absolute Gasteiger partial charge is 0.296 e. The van der Waals surface area contributed by atoms with Gasteiger partial charge >= 0.3 is 0 Å². The number of nitrogen functional groups attached to an aromatic ring is 2. The van der Waals surface area contributed by atoms with Crippen molar-refractivity contribution < 1.29 is 44.0 Å². The fourth-order valence-corrected chi connectivity index (χ4v) is 8.44. The highest BCUT2D eigenvalue weighted by atomic mass is 35.5. The van der Waals surface area contributed by atoms with Gasteiger partial charge in [0.2, 0.25) is 0 Å². The number of fused-ring (bicyclic) bond motifs is 2. The Kier molecular flexibility index (Phi) is 11.3. The third-order valence-corrected chi connectivity index (χ3v) is 12.1. The van der Waals surface area contributed by atoms with Crippen LogP contribution in [0, 0.1) is 0 Å². The molecule has 23 heteroatoms. The summed E-state index contributed by atoms with van der Waals surface area (Å²) in [5.41, 5.74) is 12.7. The second-order valence-electron chi connectivity index (χ2n) is 12.9. The summed E-state index contributed by atoms with van der Waals surface area (Å²) in [5, 5.41) is 35.5. The Labute approximate surface area is 355 Å². The van der Waals surface area contributed by atoms with Crippen LogP contribution in [0.25, 0.3) is 32.7 Å². The lowest BCUT2D eigenvalue weighted by atomic mass is 10.0. The van der Waals surface area contributed by atoms with Gasteiger partial charge in [-0.2, -0.15) is 35.5 Å². The van der Waals surface area contributed by atoms with Crippen LogP contribution in [0.5, 0.6) is 5.75 Å². The molecule has 7 rings (SSSR count). The van der Waals surface area contributed by atoms with Crippen LogP contribution in [0.2, 0.25) is 10.0 Å². The lowest BCUT2D eigenvalue weighted by Crippen LogP contribution is -2.03. The highest BCUT2D eigenvalue weighted by Gasteiger charge is 2.28. The van der Waals surface area contributed by atoms with E-state index >= 15 is 0 Å². The van der Waals surface area contributed by atoms with E-state index < -0.39 is 63.0 Å². The highest BCUT2D eigenvalue weighted by molar-refractivity contribution is 7.86. The van der Waals surface area contributed by atoms with Crippen LogP contribution in [-0.4, -0.2) is 44.0 Å². The van der Waals surface area contributed by atoms with Gasteiger partial charge in [-0.25, -0.2) is 0 Å². The Hall–Kier alpha value is -6.43. The fraction of sp³-hybridized carbons (Fsp3) is 0. The van der Waals surface area contributed by atoms with E-state index in [1.165, 1.54) is 36.4 Å². The molecule has 0 spiro atoms. The van der Waals surface area contributed by atoms with Gasteiger partial charge < -0.3 is 16.6 Å². The molecule has 7 aromatic rings. The molecule has 0 aromatic heterocycles. The number of benzene rings is 7. The number of phenols is 1. The standard InChI is InChI=1S/C38H26Cl2N8O10S3/c39-22-9-14-27(40)28(17-22)45-47-36-31(60(53,54)55)15-21-16-32(61(56,57)58)37(38(49)33(21)35(36)42)48-44-24-12-7-20(8-13-24)19-5-10-23(11-6-19)43-46-29-18-30(59(50,51)52)25-3-1-2-4-26(25)34(29)41/h1-18,49H,41-42H2,(H,50,51,52)(H,53,54,55)(H,56,57,58). The Morgan fingerprint density at radius 3 is 1.54 bits per heavy atom. The number of phenolic OH excluding ortho intramolecular Hbond substituents is 1. The minimum absolute atomic E-state index is 0.00939. The molecule has 8 N–H and O–H groups in total. The molecule has 7 aromatic carbocycles. The number of nitrogens with zero attached hydrogens (tertiary/aromatic N) is 6. The summed E-state index contributed by atoms with van der Waals surface area (Å²) in [6.07, 6.45) is 0. The lowest BCUT2D eigenvalue weighted by molar-refractivity contribution is 0.472. The third kappa shape index (κ3) is 8.89. The summed E-state index contributed by atoms with van der Waals surface area (Å²) in [5.74, 6) is -0.943. The van der Waals surface area contributed by atoms with E-state index in [2.05, 4.69) is 30.7 Å². The van der Waals surface area contributed by atoms with Crippen molar-refractivity contribution in [1.29, 1.82) is 0 Å². The van der Waals surface area contributed by atoms with Gasteiger partial charge in [-0.05, 0) is 77.2 Å². The maximum absolute atomic E-state index is 12.5. The van der Waals surface area contributed by atoms with E-state index in [9.17, 15) is 44.0 Å². The van der Waals surface area contributed by atoms with E-state index in [-0.39, 0.29) is 53.8 Å². The minimum Gasteiger partial charge on any atom is -0.505 e. The number of hydrogen-bond acceptors (Lipinski definition) is 15. The van der Waals surface area contributed by atoms with Crippen LogP contribution < -0.4 is 11.5 Å². The van der Waals surface area contributed by atoms with Gasteiger partial charge in [0, 0.05) is 15.8 Å². The van der Waals surface area contributed by atoms with Crippen molar-refractivity contribution in [3.63, 3.8) is 0 Å². The number of anilines is 2. The first kappa shape index (κ1) is 42.7. The Balaban J connectivity index is 1.19. The molecule has 0 saturated heterocycles. The second-order valence-corrected chi connectivity index (χ2v) is 17.9. The number of rotatable bonds is 10. The van der Waals surface area contributed by atoms with Gasteiger partial charge in [-0.1, -0.05) is 71.7 Å². The Bertz CT molecular complexity index is 3390. The molecule has 0 aliphatic rings. The summed E-state index contributed by atoms with van der Waals surface area (Å²) in [6, 6.07) is 26.3. The van der Waals surface area contributed by atoms with Crippen LogP contribution in [0.1, 0.15) is 0 Å². The molecule has 0 bridgehead atoms. The molecule has 0 aliphatic heterocycles. The molecular weight excluding hydrogens is 896 g/mol. The minimum atomic E-state index is -5.15. The normalized spacial score (nSPS) is 12.7. The van der Waals surface area contributed by atoms with Crippen molar-refractivity contribution in [2.45, 2.75) is 14.7 Å². The van der Waals surface area contributed by atoms with Gasteiger partial charge in [-0.15, -0.1) is 20.5 Å². The van der Waals surface area contributed by atoms with Gasteiger partial charge in [0.05, 0.1) is 33.2 Å². The van der Waals surface area contributed by atoms with Crippen LogP contribution in [-0.2, 0) is 30.4 Å². The molecule has 0 amide bonds. The van der Waals surface area contributed by atoms with E-state index in [1.54, 1.807) is 54.6 Å². The van der Waals surface area contributed by atoms with Crippen LogP contribution >= 0.6 is 23.2 Å². The zero-order valence-corrected chi connectivity index (χ0v) is 34.4. The van der Waals surface area contributed by atoms with Crippen molar-refractivity contribution in [3.05, 3.63) is 119 Å². The number of aromatic hydroxyl groups is 1. The Morgan fingerprint density at radius 1 is 0.492 bits per heavy atom. The van der Waals surface area contributed by atoms with Crippen molar-refractivity contribution >= 4 is 121 Å². The molecule has 0 fully saturated rings. The Morgan fingerprint density at radius 2 is 0.984 bits per heavy atom. The average Bonchev–Trinajstić information content (AvgIpc) is 3.20. The molecule has 310 valence electrons. The van der Waals surface area contributed by atoms with Crippen molar-refractivity contribution in [3.8, 4) is 16.9 Å². The van der Waals surface area contributed by atoms with E-state index in [0.29, 0.717) is 22.2 Å². The van der Waals surface area contributed by atoms with Crippen LogP contribution in [0.15, 0.2) is 155 Å². The van der Waals surface area contributed by atoms with Crippen LogP contribution in [0.4, 0.5) is 45.5 Å². The molecule has 0 saturated carbocycles. The first-order valence-corrected chi connectivity index (χ1v) is 22.0. The first-order valence-electron chi connectivity index (χ1n) is 17.0. The van der Waals surface area contributed by atoms with Crippen LogP contribution in [0.3, 0.4) is 0 Å². The second kappa shape index (κ2) is 16.2. The lowest BCUT2D eigenvalue weighted by Gasteiger charge is -2.14. The molecule has 0 atom stereocenters. The maximum atomic E-state index is 12.5. The van der Waals surface area contributed by atoms with Gasteiger partial charge in [0.25, 0.3) is 30.4 Å². The zero-order chi connectivity index (χ0) is 44.0. The predicted octanol–water partition coefficient (Wildman–Crippen LogP) is 10.8. The molecule has 0 heterocycles. The van der Waals surface area contributed by atoms with E-state index in [0.717, 1.165) is 18.2 Å². The fourth-order valence-electron chi connectivity index (χ4n) is 6.08. The number of halogens is 2. The van der Waals surface area contributed by atoms with Gasteiger partial charge in [0.15, 0.2) is 5.75 Å². The molecule has 18 nitrogen and oxygen atoms in total. The monoisotopic (exact) mass is 920 g/mol. The molecule has 0 unspecified atom stereocenters. The summed E-state index contributed by atoms with van der Waals surface area (Å²) in [6.45, 7) is 0. The maximum Gasteiger partial charge on any atom is 0.296 e. The topological polar surface area (TPSA) is 310 Å². The molecular formula is C38H26Cl2N8O10S3. The quantitative estimate of drug-likeness (QED) is 0.0424. The molecule has 0 radical (unpaired) electrons. The highest BCUT2D eigenvalue weighted by Crippen LogP contribution is 2.48. The third-order valence-electron chi connectivity index (χ3n) is 8.95. The average molecular weight is 922 g/mol. The number of azo groups is 3. The summed E-state index contributed by atoms with van der Waals surface area (Å²) >= 11 is 12.1. The summed E-state index contributed by atoms with van der Waals surface area (Å²) in [7, 11) is -14.9. The zero-order valence-electron chi connectivity index (χ0n) is 30.4. The number of nitrogens with two attached hydrogens (primary N) is 2. The van der Waals surface area contributed by atoms with Gasteiger partial charge in [0.1, 0.15) is 37.4 Å². The van der Waals surface area contributed by atoms with Gasteiger partial charge in [-0.3, -0.25) is 13.7 Å². The van der Waals surface area contributed by atoms with E-state index in [4.69, 9.17) is 34.7 Å². The molecule has 0 aliphatic carbocycles. The van der Waals surface area contributed by atoms with Crippen molar-refractivity contribution in [2.24, 2.45) is 30.7 Å². The van der Waals surface area contributed by atoms with Crippen molar-refractivity contribution in [2.75, 3.05) is 11.5 Å². The van der Waals surface area contributed by atoms with Crippen molar-refractivity contribution in [1.82, 2.24) is 0 Å². The summed E-state index contributed by atoms with van der Waals surface area (Å²) < 4.78 is 104. The largest absolute Gasteiger partial charge is 0.505 e. The number of hydrogen-bond donors (Lipinski definition) is 6. The van der Waals surface area contributed by atoms with E-state index in [1.807, 2.05) is 0 Å². The molecule has 61 heavy (non-hydrogen) atoms. The predicted molar refractivity (Wildman–Crippen MR) is 229 cm³/mol. The SMILES string of the molecule is Nc1c(N=Nc2ccc(-c3ccc(N=Nc4c(S(=O)(=O)O)cc5cc(S(=O)(=O)O)c(N=Nc6cc(Cl)ccc6Cl)c(N)c5c4O)cc3)cc2)cc(S(=O)(=O)O)c2ccccc12. The summed E-state index contributed by atoms with van der Waals surface area (Å²) in [4.78, 5) is -2.26. The first-order chi connectivity index (χ1) is 28.7.